The van der Waals surface area contributed by atoms with E-state index in [1.165, 1.54) is 5.57 Å². The van der Waals surface area contributed by atoms with E-state index in [9.17, 15) is 4.79 Å². The Morgan fingerprint density at radius 1 is 1.23 bits per heavy atom. The Balaban J connectivity index is 0.00000342. The van der Waals surface area contributed by atoms with Gasteiger partial charge in [0.2, 0.25) is 0 Å². The second kappa shape index (κ2) is 10.8. The number of halogens is 1. The zero-order valence-corrected chi connectivity index (χ0v) is 23.7. The number of nitrogens with zero attached hydrogens (tertiary/aromatic N) is 3. The Morgan fingerprint density at radius 3 is 2.34 bits per heavy atom. The van der Waals surface area contributed by atoms with E-state index in [2.05, 4.69) is 43.8 Å². The second-order valence-electron chi connectivity index (χ2n) is 10.9. The number of pyridine rings is 1. The zero-order chi connectivity index (χ0) is 24.6. The topological polar surface area (TPSA) is 95.1 Å². The molecule has 2 saturated carbocycles. The Labute approximate surface area is 216 Å². The number of carbonyl (C=O) groups excluding carboxylic acids is 1. The summed E-state index contributed by atoms with van der Waals surface area (Å²) in [5.41, 5.74) is 12.7. The van der Waals surface area contributed by atoms with Crippen LogP contribution < -0.4 is 11.1 Å². The first-order valence-electron chi connectivity index (χ1n) is 12.5. The van der Waals surface area contributed by atoms with Gasteiger partial charge in [-0.2, -0.15) is 5.10 Å². The normalized spacial score (nSPS) is 16.4. The predicted octanol–water partition coefficient (Wildman–Crippen LogP) is 5.45. The molecule has 2 aliphatic carbocycles. The third-order valence-corrected chi connectivity index (χ3v) is 9.71. The number of aryl methyl sites for hydroxylation is 1. The van der Waals surface area contributed by atoms with Gasteiger partial charge >= 0.3 is 0 Å². The van der Waals surface area contributed by atoms with E-state index in [0.717, 1.165) is 54.7 Å². The van der Waals surface area contributed by atoms with Gasteiger partial charge in [-0.1, -0.05) is 26.6 Å². The maximum absolute atomic E-state index is 12.8. The van der Waals surface area contributed by atoms with Crippen molar-refractivity contribution in [2.45, 2.75) is 85.0 Å². The summed E-state index contributed by atoms with van der Waals surface area (Å²) >= 11 is 0. The Kier molecular flexibility index (Phi) is 8.50. The molecule has 0 spiro atoms. The van der Waals surface area contributed by atoms with Crippen molar-refractivity contribution in [1.82, 2.24) is 14.8 Å². The van der Waals surface area contributed by atoms with Crippen molar-refractivity contribution in [3.05, 3.63) is 41.0 Å². The highest BCUT2D eigenvalue weighted by molar-refractivity contribution is 6.77. The van der Waals surface area contributed by atoms with E-state index in [-0.39, 0.29) is 24.0 Å². The lowest BCUT2D eigenvalue weighted by Gasteiger charge is -2.25. The number of anilines is 1. The molecule has 2 fully saturated rings. The Hall–Kier alpha value is -2.16. The number of ether oxygens (including phenoxy) is 1. The van der Waals surface area contributed by atoms with Gasteiger partial charge in [-0.15, -0.1) is 12.4 Å². The van der Waals surface area contributed by atoms with Crippen LogP contribution in [0.3, 0.4) is 0 Å². The second-order valence-corrected chi connectivity index (χ2v) is 16.4. The van der Waals surface area contributed by atoms with Crippen LogP contribution in [0.5, 0.6) is 0 Å². The van der Waals surface area contributed by atoms with Crippen LogP contribution in [-0.2, 0) is 22.7 Å². The van der Waals surface area contributed by atoms with Gasteiger partial charge in [-0.25, -0.2) is 4.68 Å². The van der Waals surface area contributed by atoms with Gasteiger partial charge in [-0.05, 0) is 75.5 Å². The van der Waals surface area contributed by atoms with Crippen molar-refractivity contribution in [3.63, 3.8) is 0 Å². The van der Waals surface area contributed by atoms with Crippen LogP contribution in [0.1, 0.15) is 50.9 Å². The minimum atomic E-state index is -1.38. The Morgan fingerprint density at radius 2 is 1.86 bits per heavy atom. The summed E-state index contributed by atoms with van der Waals surface area (Å²) < 4.78 is 8.12. The summed E-state index contributed by atoms with van der Waals surface area (Å²) in [6.07, 6.45) is 7.16. The lowest BCUT2D eigenvalue weighted by Crippen LogP contribution is -2.38. The van der Waals surface area contributed by atoms with E-state index in [4.69, 9.17) is 15.6 Å². The van der Waals surface area contributed by atoms with Crippen LogP contribution in [0.15, 0.2) is 29.6 Å². The van der Waals surface area contributed by atoms with Crippen molar-refractivity contribution in [1.29, 1.82) is 0 Å². The van der Waals surface area contributed by atoms with Crippen molar-refractivity contribution in [3.8, 4) is 11.3 Å². The molecule has 1 atom stereocenters. The van der Waals surface area contributed by atoms with E-state index < -0.39 is 8.07 Å². The molecule has 2 aromatic rings. The molecule has 7 nitrogen and oxygen atoms in total. The van der Waals surface area contributed by atoms with Crippen LogP contribution in [0.2, 0.25) is 19.6 Å². The highest BCUT2D eigenvalue weighted by Gasteiger charge is 2.39. The molecule has 4 rings (SSSR count). The molecule has 0 unspecified atom stereocenters. The first-order chi connectivity index (χ1) is 16.1. The van der Waals surface area contributed by atoms with Crippen LogP contribution in [0.4, 0.5) is 5.69 Å². The van der Waals surface area contributed by atoms with Gasteiger partial charge < -0.3 is 15.8 Å². The van der Waals surface area contributed by atoms with Crippen LogP contribution >= 0.6 is 12.4 Å². The van der Waals surface area contributed by atoms with Crippen LogP contribution in [-0.4, -0.2) is 34.5 Å². The van der Waals surface area contributed by atoms with E-state index in [1.54, 1.807) is 6.20 Å². The predicted molar refractivity (Wildman–Crippen MR) is 146 cm³/mol. The number of nitrogens with one attached hydrogen (secondary N) is 1. The fourth-order valence-corrected chi connectivity index (χ4v) is 4.94. The van der Waals surface area contributed by atoms with E-state index in [0.29, 0.717) is 30.0 Å². The van der Waals surface area contributed by atoms with Crippen molar-refractivity contribution in [2.24, 2.45) is 17.6 Å². The number of hydrogen-bond acceptors (Lipinski definition) is 5. The summed E-state index contributed by atoms with van der Waals surface area (Å²) in [7, 11) is -1.38. The van der Waals surface area contributed by atoms with Crippen LogP contribution in [0.25, 0.3) is 11.3 Å². The van der Waals surface area contributed by atoms with Gasteiger partial charge in [0.05, 0.1) is 42.7 Å². The molecule has 0 aromatic carbocycles. The number of aromatic nitrogens is 3. The van der Waals surface area contributed by atoms with Crippen molar-refractivity contribution >= 4 is 32.1 Å². The summed E-state index contributed by atoms with van der Waals surface area (Å²) in [5.74, 6) is 0.821. The van der Waals surface area contributed by atoms with Gasteiger partial charge in [0.1, 0.15) is 6.73 Å². The average molecular weight is 518 g/mol. The van der Waals surface area contributed by atoms with Gasteiger partial charge in [0, 0.05) is 11.3 Å². The molecule has 9 heteroatoms. The molecule has 0 bridgehead atoms. The number of nitrogens with two attached hydrogens (primary N) is 1. The fraction of sp³-hybridized carbons (Fsp3) is 0.577. The number of carbonyl (C=O) groups is 1. The van der Waals surface area contributed by atoms with Gasteiger partial charge in [0.25, 0.3) is 5.91 Å². The smallest absolute Gasteiger partial charge is 0.271 e. The summed E-state index contributed by atoms with van der Waals surface area (Å²) in [4.78, 5) is 17.4. The summed E-state index contributed by atoms with van der Waals surface area (Å²) in [6, 6.07) is 3.83. The lowest BCUT2D eigenvalue weighted by molar-refractivity contribution is -0.113. The fourth-order valence-electron chi connectivity index (χ4n) is 4.37. The molecule has 192 valence electrons. The zero-order valence-electron chi connectivity index (χ0n) is 21.9. The van der Waals surface area contributed by atoms with E-state index >= 15 is 0 Å². The highest BCUT2D eigenvalue weighted by atomic mass is 35.5. The molecule has 0 radical (unpaired) electrons. The minimum absolute atomic E-state index is 0. The monoisotopic (exact) mass is 517 g/mol. The molecular formula is C26H40ClN5O2Si. The number of allylic oxidation sites excluding steroid dienone is 1. The minimum Gasteiger partial charge on any atom is -0.394 e. The third-order valence-electron chi connectivity index (χ3n) is 7.10. The molecule has 0 aliphatic heterocycles. The number of hydrogen-bond donors (Lipinski definition) is 2. The maximum atomic E-state index is 12.8. The maximum Gasteiger partial charge on any atom is 0.271 e. The quantitative estimate of drug-likeness (QED) is 0.323. The number of amides is 1. The van der Waals surface area contributed by atoms with Crippen molar-refractivity contribution < 1.29 is 9.53 Å². The molecule has 2 aromatic heterocycles. The first-order valence-corrected chi connectivity index (χ1v) is 16.1. The van der Waals surface area contributed by atoms with Gasteiger partial charge in [-0.3, -0.25) is 9.78 Å². The molecule has 2 aliphatic rings. The van der Waals surface area contributed by atoms with Gasteiger partial charge in [0.15, 0.2) is 0 Å². The largest absolute Gasteiger partial charge is 0.394 e. The first kappa shape index (κ1) is 27.4. The third kappa shape index (κ3) is 6.34. The Bertz CT molecular complexity index is 1070. The highest BCUT2D eigenvalue weighted by Crippen LogP contribution is 2.49. The molecule has 1 amide bonds. The SMILES string of the molecule is CCc1c(-c2ccc(NC(=O)C(N)=C(C3CC3)C3CC3)cn2)c(C)nn1CO[C@H](C)[Si](C)(C)C.Cl. The van der Waals surface area contributed by atoms with E-state index in [1.807, 2.05) is 23.7 Å². The lowest BCUT2D eigenvalue weighted by atomic mass is 10.0. The number of rotatable bonds is 10. The molecule has 3 N–H and O–H groups in total. The molecule has 35 heavy (non-hydrogen) atoms. The van der Waals surface area contributed by atoms with Crippen LogP contribution in [0, 0.1) is 18.8 Å². The molecular weight excluding hydrogens is 478 g/mol. The standard InChI is InChI=1S/C26H39N5O2Si.ClH/c1-7-22-23(16(2)30-31(22)15-33-17(3)34(4,5)6)21-13-12-20(14-28-21)29-26(32)25(27)24(18-8-9-18)19-10-11-19;/h12-14,17-19H,7-11,15,27H2,1-6H3,(H,29,32);1H/t17-;/m0./s1. The summed E-state index contributed by atoms with van der Waals surface area (Å²) in [6.45, 7) is 13.7. The summed E-state index contributed by atoms with van der Waals surface area (Å²) in [5, 5.41) is 7.68. The molecule has 0 saturated heterocycles. The molecule has 2 heterocycles. The average Bonchev–Trinajstić information content (AvgIpc) is 3.71. The van der Waals surface area contributed by atoms with Crippen molar-refractivity contribution in [2.75, 3.05) is 5.32 Å².